The molecule has 2 rings (SSSR count). The van der Waals surface area contributed by atoms with Crippen molar-refractivity contribution in [3.63, 3.8) is 0 Å². The van der Waals surface area contributed by atoms with Gasteiger partial charge in [0.15, 0.2) is 0 Å². The van der Waals surface area contributed by atoms with Crippen LogP contribution in [0, 0.1) is 0 Å². The summed E-state index contributed by atoms with van der Waals surface area (Å²) in [7, 11) is 1.93. The minimum atomic E-state index is 0.178. The van der Waals surface area contributed by atoms with E-state index in [1.54, 1.807) is 0 Å². The van der Waals surface area contributed by atoms with Crippen LogP contribution in [0.4, 0.5) is 0 Å². The normalized spacial score (nSPS) is 26.3. The highest BCUT2D eigenvalue weighted by atomic mass is 16.5. The average molecular weight is 269 g/mol. The van der Waals surface area contributed by atoms with Crippen molar-refractivity contribution in [1.82, 2.24) is 15.5 Å². The van der Waals surface area contributed by atoms with Crippen molar-refractivity contribution in [3.8, 4) is 0 Å². The number of hydrogen-bond acceptors (Lipinski definition) is 4. The van der Waals surface area contributed by atoms with Crippen molar-refractivity contribution < 1.29 is 9.53 Å². The zero-order valence-electron chi connectivity index (χ0n) is 12.0. The van der Waals surface area contributed by atoms with Crippen LogP contribution in [0.15, 0.2) is 0 Å². The van der Waals surface area contributed by atoms with E-state index in [9.17, 15) is 4.79 Å². The lowest BCUT2D eigenvalue weighted by Crippen LogP contribution is -2.50. The smallest absolute Gasteiger partial charge is 0.234 e. The molecule has 1 amide bonds. The van der Waals surface area contributed by atoms with Gasteiger partial charge >= 0.3 is 0 Å². The van der Waals surface area contributed by atoms with E-state index < -0.39 is 0 Å². The molecule has 1 unspecified atom stereocenters. The first-order valence-corrected chi connectivity index (χ1v) is 7.56. The second-order valence-electron chi connectivity index (χ2n) is 5.69. The number of carbonyl (C=O) groups is 1. The van der Waals surface area contributed by atoms with Gasteiger partial charge in [0.2, 0.25) is 5.91 Å². The molecule has 1 atom stereocenters. The van der Waals surface area contributed by atoms with Gasteiger partial charge in [-0.1, -0.05) is 19.3 Å². The minimum absolute atomic E-state index is 0.178. The number of nitrogens with zero attached hydrogens (tertiary/aromatic N) is 1. The molecule has 1 aliphatic carbocycles. The van der Waals surface area contributed by atoms with Crippen molar-refractivity contribution in [2.24, 2.45) is 0 Å². The van der Waals surface area contributed by atoms with E-state index in [0.717, 1.165) is 39.1 Å². The molecule has 0 spiro atoms. The second kappa shape index (κ2) is 7.82. The summed E-state index contributed by atoms with van der Waals surface area (Å²) in [5, 5.41) is 6.30. The number of carbonyl (C=O) groups excluding carboxylic acids is 1. The van der Waals surface area contributed by atoms with Crippen LogP contribution >= 0.6 is 0 Å². The fourth-order valence-corrected chi connectivity index (χ4v) is 3.00. The van der Waals surface area contributed by atoms with E-state index in [1.165, 1.54) is 19.3 Å². The van der Waals surface area contributed by atoms with Crippen molar-refractivity contribution in [2.45, 2.75) is 44.2 Å². The highest BCUT2D eigenvalue weighted by Crippen LogP contribution is 2.17. The van der Waals surface area contributed by atoms with Gasteiger partial charge in [0, 0.05) is 25.7 Å². The van der Waals surface area contributed by atoms with Gasteiger partial charge in [-0.3, -0.25) is 9.69 Å². The first-order chi connectivity index (χ1) is 9.28. The van der Waals surface area contributed by atoms with Crippen LogP contribution in [0.5, 0.6) is 0 Å². The van der Waals surface area contributed by atoms with E-state index in [-0.39, 0.29) is 12.0 Å². The Bertz CT molecular complexity index is 278. The minimum Gasteiger partial charge on any atom is -0.374 e. The molecule has 1 saturated carbocycles. The van der Waals surface area contributed by atoms with Crippen LogP contribution in [0.2, 0.25) is 0 Å². The van der Waals surface area contributed by atoms with Crippen molar-refractivity contribution in [3.05, 3.63) is 0 Å². The molecule has 2 aliphatic rings. The number of hydrogen-bond donors (Lipinski definition) is 2. The van der Waals surface area contributed by atoms with Gasteiger partial charge in [0.1, 0.15) is 0 Å². The standard InChI is InChI=1S/C14H27N3O2/c1-15-9-13-10-17(7-8-19-13)11-14(18)16-12-5-3-2-4-6-12/h12-13,15H,2-11H2,1H3,(H,16,18). The number of ether oxygens (including phenoxy) is 1. The monoisotopic (exact) mass is 269 g/mol. The molecule has 1 aliphatic heterocycles. The summed E-state index contributed by atoms with van der Waals surface area (Å²) in [4.78, 5) is 14.2. The summed E-state index contributed by atoms with van der Waals surface area (Å²) in [5.41, 5.74) is 0. The number of likely N-dealkylation sites (N-methyl/N-ethyl adjacent to an activating group) is 1. The predicted molar refractivity (Wildman–Crippen MR) is 75.1 cm³/mol. The third kappa shape index (κ3) is 5.09. The lowest BCUT2D eigenvalue weighted by Gasteiger charge is -2.33. The number of morpholine rings is 1. The maximum absolute atomic E-state index is 12.0. The van der Waals surface area contributed by atoms with Crippen LogP contribution in [-0.2, 0) is 9.53 Å². The Hall–Kier alpha value is -0.650. The van der Waals surface area contributed by atoms with E-state index in [1.807, 2.05) is 7.05 Å². The highest BCUT2D eigenvalue weighted by Gasteiger charge is 2.23. The SMILES string of the molecule is CNCC1CN(CC(=O)NC2CCCCC2)CCO1. The van der Waals surface area contributed by atoms with Crippen LogP contribution in [-0.4, -0.2) is 62.8 Å². The highest BCUT2D eigenvalue weighted by molar-refractivity contribution is 5.78. The quantitative estimate of drug-likeness (QED) is 0.756. The predicted octanol–water partition coefficient (Wildman–Crippen LogP) is 0.356. The second-order valence-corrected chi connectivity index (χ2v) is 5.69. The summed E-state index contributed by atoms with van der Waals surface area (Å²) in [6.07, 6.45) is 6.34. The summed E-state index contributed by atoms with van der Waals surface area (Å²) in [5.74, 6) is 0.178. The average Bonchev–Trinajstić information content (AvgIpc) is 2.40. The molecule has 2 fully saturated rings. The van der Waals surface area contributed by atoms with Crippen LogP contribution < -0.4 is 10.6 Å². The fourth-order valence-electron chi connectivity index (χ4n) is 3.00. The van der Waals surface area contributed by atoms with Gasteiger partial charge in [-0.05, 0) is 19.9 Å². The maximum atomic E-state index is 12.0. The fraction of sp³-hybridized carbons (Fsp3) is 0.929. The number of rotatable bonds is 5. The zero-order chi connectivity index (χ0) is 13.5. The summed E-state index contributed by atoms with van der Waals surface area (Å²) < 4.78 is 5.64. The summed E-state index contributed by atoms with van der Waals surface area (Å²) in [6, 6.07) is 0.412. The summed E-state index contributed by atoms with van der Waals surface area (Å²) in [6.45, 7) is 3.79. The van der Waals surface area contributed by atoms with E-state index in [0.29, 0.717) is 12.6 Å². The van der Waals surface area contributed by atoms with Crippen molar-refractivity contribution in [1.29, 1.82) is 0 Å². The Kier molecular flexibility index (Phi) is 6.07. The third-order valence-electron chi connectivity index (χ3n) is 3.99. The third-order valence-corrected chi connectivity index (χ3v) is 3.99. The molecule has 0 aromatic heterocycles. The Balaban J connectivity index is 1.68. The molecule has 5 nitrogen and oxygen atoms in total. The molecule has 5 heteroatoms. The molecule has 2 N–H and O–H groups in total. The number of nitrogens with one attached hydrogen (secondary N) is 2. The Morgan fingerprint density at radius 2 is 2.11 bits per heavy atom. The summed E-state index contributed by atoms with van der Waals surface area (Å²) >= 11 is 0. The molecule has 0 aromatic rings. The molecule has 1 heterocycles. The van der Waals surface area contributed by atoms with Crippen molar-refractivity contribution in [2.75, 3.05) is 39.8 Å². The van der Waals surface area contributed by atoms with E-state index in [2.05, 4.69) is 15.5 Å². The molecule has 0 radical (unpaired) electrons. The molecule has 0 bridgehead atoms. The molecular formula is C14H27N3O2. The Labute approximate surface area is 116 Å². The molecule has 1 saturated heterocycles. The van der Waals surface area contributed by atoms with Crippen molar-refractivity contribution >= 4 is 5.91 Å². The van der Waals surface area contributed by atoms with Gasteiger partial charge in [0.05, 0.1) is 19.3 Å². The van der Waals surface area contributed by atoms with Gasteiger partial charge in [-0.25, -0.2) is 0 Å². The first kappa shape index (κ1) is 14.8. The van der Waals surface area contributed by atoms with Crippen LogP contribution in [0.1, 0.15) is 32.1 Å². The molecule has 19 heavy (non-hydrogen) atoms. The van der Waals surface area contributed by atoms with Crippen LogP contribution in [0.25, 0.3) is 0 Å². The molecular weight excluding hydrogens is 242 g/mol. The molecule has 110 valence electrons. The Morgan fingerprint density at radius 1 is 1.32 bits per heavy atom. The maximum Gasteiger partial charge on any atom is 0.234 e. The topological polar surface area (TPSA) is 53.6 Å². The van der Waals surface area contributed by atoms with Gasteiger partial charge in [-0.2, -0.15) is 0 Å². The number of amides is 1. The molecule has 0 aromatic carbocycles. The van der Waals surface area contributed by atoms with Gasteiger partial charge in [0.25, 0.3) is 0 Å². The lowest BCUT2D eigenvalue weighted by molar-refractivity contribution is -0.125. The van der Waals surface area contributed by atoms with E-state index in [4.69, 9.17) is 4.74 Å². The van der Waals surface area contributed by atoms with Crippen LogP contribution in [0.3, 0.4) is 0 Å². The Morgan fingerprint density at radius 3 is 2.84 bits per heavy atom. The largest absolute Gasteiger partial charge is 0.374 e. The first-order valence-electron chi connectivity index (χ1n) is 7.56. The van der Waals surface area contributed by atoms with Gasteiger partial charge < -0.3 is 15.4 Å². The lowest BCUT2D eigenvalue weighted by atomic mass is 9.95. The zero-order valence-corrected chi connectivity index (χ0v) is 12.0. The van der Waals surface area contributed by atoms with E-state index >= 15 is 0 Å². The van der Waals surface area contributed by atoms with Gasteiger partial charge in [-0.15, -0.1) is 0 Å².